The molecule has 0 aromatic carbocycles. The summed E-state index contributed by atoms with van der Waals surface area (Å²) in [5, 5.41) is 2.63. The van der Waals surface area contributed by atoms with Gasteiger partial charge in [0.15, 0.2) is 0 Å². The van der Waals surface area contributed by atoms with Crippen molar-refractivity contribution in [3.63, 3.8) is 0 Å². The molecule has 0 spiro atoms. The summed E-state index contributed by atoms with van der Waals surface area (Å²) in [5.41, 5.74) is 0. The fourth-order valence-electron chi connectivity index (χ4n) is 2.00. The van der Waals surface area contributed by atoms with Crippen LogP contribution in [0.25, 0.3) is 0 Å². The lowest BCUT2D eigenvalue weighted by atomic mass is 10.1. The predicted octanol–water partition coefficient (Wildman–Crippen LogP) is 0.221. The molecule has 0 aliphatic carbocycles. The van der Waals surface area contributed by atoms with Crippen molar-refractivity contribution in [3.8, 4) is 0 Å². The Labute approximate surface area is 109 Å². The molecular formula is C11H23N3O3S. The van der Waals surface area contributed by atoms with E-state index < -0.39 is 10.2 Å². The molecule has 1 aliphatic heterocycles. The zero-order valence-corrected chi connectivity index (χ0v) is 11.9. The number of nitrogens with one attached hydrogen (secondary N) is 2. The van der Waals surface area contributed by atoms with Gasteiger partial charge in [0.2, 0.25) is 5.91 Å². The molecule has 1 heterocycles. The minimum absolute atomic E-state index is 0.00922. The van der Waals surface area contributed by atoms with Crippen LogP contribution in [0.15, 0.2) is 0 Å². The second-order valence-electron chi connectivity index (χ2n) is 4.63. The van der Waals surface area contributed by atoms with Crippen LogP contribution in [0.3, 0.4) is 0 Å². The Morgan fingerprint density at radius 1 is 1.39 bits per heavy atom. The molecule has 1 unspecified atom stereocenters. The van der Waals surface area contributed by atoms with E-state index in [9.17, 15) is 13.2 Å². The van der Waals surface area contributed by atoms with Crippen LogP contribution in [-0.4, -0.2) is 44.3 Å². The van der Waals surface area contributed by atoms with E-state index in [1.165, 1.54) is 4.31 Å². The molecule has 6 nitrogen and oxygen atoms in total. The SMILES string of the molecule is CCCNC(=O)CNS(=O)(=O)N1CCCCC1C. The van der Waals surface area contributed by atoms with Crippen LogP contribution in [0, 0.1) is 0 Å². The number of rotatable bonds is 6. The van der Waals surface area contributed by atoms with Crippen LogP contribution in [-0.2, 0) is 15.0 Å². The standard InChI is InChI=1S/C11H23N3O3S/c1-3-7-12-11(15)9-13-18(16,17)14-8-5-4-6-10(14)2/h10,13H,3-9H2,1-2H3,(H,12,15). The summed E-state index contributed by atoms with van der Waals surface area (Å²) in [5.74, 6) is -0.287. The Hall–Kier alpha value is -0.660. The van der Waals surface area contributed by atoms with Gasteiger partial charge < -0.3 is 5.32 Å². The van der Waals surface area contributed by atoms with E-state index in [0.717, 1.165) is 25.7 Å². The second kappa shape index (κ2) is 7.06. The highest BCUT2D eigenvalue weighted by Gasteiger charge is 2.29. The monoisotopic (exact) mass is 277 g/mol. The van der Waals surface area contributed by atoms with Crippen molar-refractivity contribution >= 4 is 16.1 Å². The molecule has 1 aliphatic rings. The first-order valence-corrected chi connectivity index (χ1v) is 7.94. The van der Waals surface area contributed by atoms with E-state index in [-0.39, 0.29) is 18.5 Å². The average molecular weight is 277 g/mol. The van der Waals surface area contributed by atoms with Crippen LogP contribution >= 0.6 is 0 Å². The molecule has 0 aromatic heterocycles. The highest BCUT2D eigenvalue weighted by Crippen LogP contribution is 2.18. The third-order valence-corrected chi connectivity index (χ3v) is 4.71. The lowest BCUT2D eigenvalue weighted by Crippen LogP contribution is -2.50. The maximum absolute atomic E-state index is 12.0. The molecule has 1 saturated heterocycles. The third kappa shape index (κ3) is 4.55. The van der Waals surface area contributed by atoms with Crippen LogP contribution in [0.5, 0.6) is 0 Å². The van der Waals surface area contributed by atoms with Crippen molar-refractivity contribution in [1.82, 2.24) is 14.3 Å². The number of hydrogen-bond donors (Lipinski definition) is 2. The summed E-state index contributed by atoms with van der Waals surface area (Å²) in [6, 6.07) is 0.00922. The quantitative estimate of drug-likeness (QED) is 0.729. The number of amides is 1. The van der Waals surface area contributed by atoms with E-state index in [4.69, 9.17) is 0 Å². The zero-order valence-electron chi connectivity index (χ0n) is 11.1. The van der Waals surface area contributed by atoms with Crippen LogP contribution in [0.4, 0.5) is 0 Å². The van der Waals surface area contributed by atoms with Crippen molar-refractivity contribution < 1.29 is 13.2 Å². The van der Waals surface area contributed by atoms with E-state index in [2.05, 4.69) is 10.0 Å². The van der Waals surface area contributed by atoms with Gasteiger partial charge in [-0.3, -0.25) is 4.79 Å². The van der Waals surface area contributed by atoms with Gasteiger partial charge in [0.05, 0.1) is 6.54 Å². The van der Waals surface area contributed by atoms with Gasteiger partial charge in [0.1, 0.15) is 0 Å². The first kappa shape index (κ1) is 15.4. The fourth-order valence-corrected chi connectivity index (χ4v) is 3.42. The Morgan fingerprint density at radius 3 is 2.72 bits per heavy atom. The molecule has 0 saturated carbocycles. The second-order valence-corrected chi connectivity index (χ2v) is 6.34. The highest BCUT2D eigenvalue weighted by molar-refractivity contribution is 7.87. The molecular weight excluding hydrogens is 254 g/mol. The number of carbonyl (C=O) groups excluding carboxylic acids is 1. The smallest absolute Gasteiger partial charge is 0.280 e. The minimum Gasteiger partial charge on any atom is -0.355 e. The number of carbonyl (C=O) groups is 1. The van der Waals surface area contributed by atoms with E-state index in [1.54, 1.807) is 0 Å². The normalized spacial score (nSPS) is 21.8. The molecule has 1 rings (SSSR count). The summed E-state index contributed by atoms with van der Waals surface area (Å²) >= 11 is 0. The van der Waals surface area contributed by atoms with Crippen molar-refractivity contribution in [1.29, 1.82) is 0 Å². The molecule has 7 heteroatoms. The molecule has 18 heavy (non-hydrogen) atoms. The fraction of sp³-hybridized carbons (Fsp3) is 0.909. The molecule has 1 amide bonds. The number of nitrogens with zero attached hydrogens (tertiary/aromatic N) is 1. The lowest BCUT2D eigenvalue weighted by molar-refractivity contribution is -0.119. The van der Waals surface area contributed by atoms with Gasteiger partial charge in [-0.1, -0.05) is 13.3 Å². The first-order valence-electron chi connectivity index (χ1n) is 6.50. The molecule has 0 aromatic rings. The number of hydrogen-bond acceptors (Lipinski definition) is 3. The molecule has 0 bridgehead atoms. The Morgan fingerprint density at radius 2 is 2.11 bits per heavy atom. The van der Waals surface area contributed by atoms with Gasteiger partial charge >= 0.3 is 0 Å². The Kier molecular flexibility index (Phi) is 6.04. The summed E-state index contributed by atoms with van der Waals surface area (Å²) in [7, 11) is -3.53. The predicted molar refractivity (Wildman–Crippen MR) is 70.2 cm³/mol. The third-order valence-electron chi connectivity index (χ3n) is 3.04. The van der Waals surface area contributed by atoms with E-state index in [1.807, 2.05) is 13.8 Å². The lowest BCUT2D eigenvalue weighted by Gasteiger charge is -2.32. The van der Waals surface area contributed by atoms with Crippen LogP contribution in [0.1, 0.15) is 39.5 Å². The summed E-state index contributed by atoms with van der Waals surface area (Å²) < 4.78 is 27.8. The van der Waals surface area contributed by atoms with Gasteiger partial charge in [-0.05, 0) is 26.2 Å². The van der Waals surface area contributed by atoms with Crippen molar-refractivity contribution in [2.24, 2.45) is 0 Å². The summed E-state index contributed by atoms with van der Waals surface area (Å²) in [6.07, 6.45) is 3.65. The molecule has 106 valence electrons. The van der Waals surface area contributed by atoms with Gasteiger partial charge in [-0.15, -0.1) is 0 Å². The van der Waals surface area contributed by atoms with Gasteiger partial charge in [-0.2, -0.15) is 17.4 Å². The van der Waals surface area contributed by atoms with Crippen molar-refractivity contribution in [2.45, 2.75) is 45.6 Å². The Balaban J connectivity index is 2.46. The van der Waals surface area contributed by atoms with Gasteiger partial charge in [-0.25, -0.2) is 0 Å². The van der Waals surface area contributed by atoms with Gasteiger partial charge in [0.25, 0.3) is 10.2 Å². The maximum Gasteiger partial charge on any atom is 0.280 e. The average Bonchev–Trinajstić information content (AvgIpc) is 2.34. The first-order chi connectivity index (χ1) is 8.47. The molecule has 2 N–H and O–H groups in total. The van der Waals surface area contributed by atoms with Crippen LogP contribution in [0.2, 0.25) is 0 Å². The van der Waals surface area contributed by atoms with Crippen molar-refractivity contribution in [2.75, 3.05) is 19.6 Å². The van der Waals surface area contributed by atoms with Gasteiger partial charge in [0, 0.05) is 19.1 Å². The minimum atomic E-state index is -3.53. The van der Waals surface area contributed by atoms with Crippen LogP contribution < -0.4 is 10.0 Å². The maximum atomic E-state index is 12.0. The topological polar surface area (TPSA) is 78.5 Å². The zero-order chi connectivity index (χ0) is 13.6. The molecule has 0 radical (unpaired) electrons. The largest absolute Gasteiger partial charge is 0.355 e. The molecule has 1 fully saturated rings. The van der Waals surface area contributed by atoms with E-state index >= 15 is 0 Å². The number of piperidine rings is 1. The Bertz CT molecular complexity index is 370. The summed E-state index contributed by atoms with van der Waals surface area (Å²) in [4.78, 5) is 11.4. The summed E-state index contributed by atoms with van der Waals surface area (Å²) in [6.45, 7) is 4.76. The van der Waals surface area contributed by atoms with Crippen molar-refractivity contribution in [3.05, 3.63) is 0 Å². The van der Waals surface area contributed by atoms with E-state index in [0.29, 0.717) is 13.1 Å². The molecule has 1 atom stereocenters. The highest BCUT2D eigenvalue weighted by atomic mass is 32.2.